The van der Waals surface area contributed by atoms with Gasteiger partial charge in [-0.05, 0) is 98.0 Å². The third-order valence-electron chi connectivity index (χ3n) is 11.8. The molecule has 0 fully saturated rings. The van der Waals surface area contributed by atoms with Gasteiger partial charge in [0, 0.05) is 40.6 Å². The van der Waals surface area contributed by atoms with Crippen molar-refractivity contribution in [3.8, 4) is 22.9 Å². The lowest BCUT2D eigenvalue weighted by Gasteiger charge is -2.36. The molecule has 0 atom stereocenters. The molecule has 5 aromatic heterocycles. The maximum atomic E-state index is 5.29. The van der Waals surface area contributed by atoms with E-state index >= 15 is 0 Å². The van der Waals surface area contributed by atoms with Gasteiger partial charge in [-0.2, -0.15) is 0 Å². The Morgan fingerprint density at radius 3 is 2.24 bits per heavy atom. The number of para-hydroxylation sites is 3. The van der Waals surface area contributed by atoms with E-state index in [0.717, 1.165) is 67.5 Å². The summed E-state index contributed by atoms with van der Waals surface area (Å²) in [5.74, 6) is 2.73. The predicted octanol–water partition coefficient (Wildman–Crippen LogP) is 9.39. The third kappa shape index (κ3) is 4.44. The number of pyridine rings is 1. The second-order valence-electron chi connectivity index (χ2n) is 16.1. The van der Waals surface area contributed by atoms with Crippen LogP contribution in [-0.4, -0.2) is 47.0 Å². The van der Waals surface area contributed by atoms with Gasteiger partial charge in [0.15, 0.2) is 0 Å². The number of aryl methyl sites for hydroxylation is 2. The summed E-state index contributed by atoms with van der Waals surface area (Å²) in [5.41, 5.74) is 14.8. The van der Waals surface area contributed by atoms with E-state index in [1.807, 2.05) is 12.4 Å². The van der Waals surface area contributed by atoms with Crippen molar-refractivity contribution in [1.82, 2.24) is 33.0 Å². The first-order valence-electron chi connectivity index (χ1n) is 19.0. The molecule has 0 N–H and O–H groups in total. The number of fused-ring (bicyclic) bond motifs is 11. The van der Waals surface area contributed by atoms with Crippen molar-refractivity contribution in [2.24, 2.45) is 0 Å². The molecule has 0 spiro atoms. The minimum atomic E-state index is -0.0151. The first-order chi connectivity index (χ1) is 26.7. The van der Waals surface area contributed by atoms with E-state index in [4.69, 9.17) is 15.0 Å². The topological polar surface area (TPSA) is 61.1 Å². The van der Waals surface area contributed by atoms with Gasteiger partial charge in [-0.1, -0.05) is 80.4 Å². The Labute approximate surface area is 319 Å². The number of nitrogens with zero attached hydrogens (tertiary/aromatic N) is 8. The van der Waals surface area contributed by atoms with Crippen LogP contribution in [-0.2, 0) is 5.41 Å². The van der Waals surface area contributed by atoms with Crippen LogP contribution in [0.3, 0.4) is 0 Å². The molecular weight excluding hydrogens is 675 g/mol. The first kappa shape index (κ1) is 31.9. The fourth-order valence-corrected chi connectivity index (χ4v) is 9.12. The SMILES string of the molecule is Cc1cccc(C)c1B1N(C)c2ccc(-n3c4cc5c(cc4n4c6ccccc6nc34)c3ccccc3n5-c3cc(C(C)(C)C)ccn3)cc2-c2nccn21. The standard InChI is InChI=1S/C46H39BN8/c1-28-12-11-13-29(2)43(28)47-51(6)36-19-18-31(25-34(36)44-49-22-23-52(44)47)53-41-27-39-33(26-40(41)55-38-17-10-8-15-35(38)50-45(53)55)32-14-7-9-16-37(32)54(39)42-24-30(20-21-48-42)46(3,4)5/h7-27H,1-6H3. The first-order valence-corrected chi connectivity index (χ1v) is 19.0. The number of imidazole rings is 3. The van der Waals surface area contributed by atoms with Crippen LogP contribution in [0.1, 0.15) is 37.5 Å². The molecule has 5 aromatic carbocycles. The number of benzene rings is 5. The van der Waals surface area contributed by atoms with Gasteiger partial charge in [0.25, 0.3) is 0 Å². The number of hydrogen-bond donors (Lipinski definition) is 0. The van der Waals surface area contributed by atoms with Crippen LogP contribution < -0.4 is 10.3 Å². The molecule has 0 bridgehead atoms. The number of aromatic nitrogens is 7. The van der Waals surface area contributed by atoms with Gasteiger partial charge < -0.3 is 9.29 Å². The summed E-state index contributed by atoms with van der Waals surface area (Å²) in [6, 6.07) is 39.5. The molecule has 0 unspecified atom stereocenters. The molecule has 9 heteroatoms. The maximum absolute atomic E-state index is 5.29. The van der Waals surface area contributed by atoms with Crippen molar-refractivity contribution in [2.45, 2.75) is 40.0 Å². The summed E-state index contributed by atoms with van der Waals surface area (Å²) in [5, 5.41) is 2.37. The molecule has 0 saturated heterocycles. The lowest BCUT2D eigenvalue weighted by molar-refractivity contribution is 0.588. The zero-order chi connectivity index (χ0) is 37.3. The average Bonchev–Trinajstić information content (AvgIpc) is 3.95. The largest absolute Gasteiger partial charge is 0.417 e. The van der Waals surface area contributed by atoms with E-state index in [1.54, 1.807) is 0 Å². The van der Waals surface area contributed by atoms with Crippen molar-refractivity contribution in [1.29, 1.82) is 0 Å². The fraction of sp³-hybridized carbons (Fsp3) is 0.152. The Morgan fingerprint density at radius 2 is 1.42 bits per heavy atom. The smallest absolute Gasteiger partial charge is 0.394 e. The van der Waals surface area contributed by atoms with Gasteiger partial charge in [-0.3, -0.25) is 13.5 Å². The second kappa shape index (κ2) is 11.2. The van der Waals surface area contributed by atoms with Crippen molar-refractivity contribution in [3.63, 3.8) is 0 Å². The highest BCUT2D eigenvalue weighted by molar-refractivity contribution is 6.77. The van der Waals surface area contributed by atoms with E-state index in [1.165, 1.54) is 32.9 Å². The van der Waals surface area contributed by atoms with Crippen LogP contribution in [0.25, 0.3) is 72.5 Å². The van der Waals surface area contributed by atoms with Gasteiger partial charge in [0.2, 0.25) is 5.78 Å². The highest BCUT2D eigenvalue weighted by Crippen LogP contribution is 2.41. The average molecular weight is 715 g/mol. The van der Waals surface area contributed by atoms with Crippen LogP contribution in [0, 0.1) is 13.8 Å². The quantitative estimate of drug-likeness (QED) is 0.171. The van der Waals surface area contributed by atoms with E-state index in [-0.39, 0.29) is 12.4 Å². The van der Waals surface area contributed by atoms with Crippen molar-refractivity contribution in [3.05, 3.63) is 144 Å². The second-order valence-corrected chi connectivity index (χ2v) is 16.1. The lowest BCUT2D eigenvalue weighted by atomic mass is 9.60. The highest BCUT2D eigenvalue weighted by atomic mass is 15.2. The fourth-order valence-electron chi connectivity index (χ4n) is 9.12. The van der Waals surface area contributed by atoms with Crippen LogP contribution in [0.15, 0.2) is 128 Å². The van der Waals surface area contributed by atoms with Gasteiger partial charge in [0.1, 0.15) is 11.6 Å². The molecule has 266 valence electrons. The van der Waals surface area contributed by atoms with E-state index in [0.29, 0.717) is 0 Å². The molecule has 0 saturated carbocycles. The third-order valence-corrected chi connectivity index (χ3v) is 11.8. The van der Waals surface area contributed by atoms with Gasteiger partial charge in [-0.15, -0.1) is 0 Å². The van der Waals surface area contributed by atoms with Crippen molar-refractivity contribution < 1.29 is 0 Å². The van der Waals surface area contributed by atoms with Crippen LogP contribution >= 0.6 is 0 Å². The summed E-state index contributed by atoms with van der Waals surface area (Å²) in [6.07, 6.45) is 5.98. The Balaban J connectivity index is 1.20. The van der Waals surface area contributed by atoms with Crippen molar-refractivity contribution >= 4 is 67.8 Å². The molecule has 0 aliphatic carbocycles. The zero-order valence-electron chi connectivity index (χ0n) is 31.8. The minimum Gasteiger partial charge on any atom is -0.394 e. The molecule has 11 rings (SSSR count). The van der Waals surface area contributed by atoms with Crippen LogP contribution in [0.2, 0.25) is 0 Å². The molecule has 0 radical (unpaired) electrons. The van der Waals surface area contributed by atoms with Crippen molar-refractivity contribution in [2.75, 3.05) is 11.9 Å². The molecule has 0 amide bonds. The van der Waals surface area contributed by atoms with Crippen LogP contribution in [0.4, 0.5) is 5.69 Å². The number of anilines is 1. The molecule has 6 heterocycles. The summed E-state index contributed by atoms with van der Waals surface area (Å²) >= 11 is 0. The molecular formula is C46H39BN8. The molecule has 55 heavy (non-hydrogen) atoms. The molecule has 1 aliphatic heterocycles. The normalized spacial score (nSPS) is 13.2. The van der Waals surface area contributed by atoms with Gasteiger partial charge >= 0.3 is 6.98 Å². The lowest BCUT2D eigenvalue weighted by Crippen LogP contribution is -2.56. The number of rotatable bonds is 3. The Hall–Kier alpha value is -6.61. The maximum Gasteiger partial charge on any atom is 0.417 e. The zero-order valence-corrected chi connectivity index (χ0v) is 31.8. The highest BCUT2D eigenvalue weighted by Gasteiger charge is 2.37. The Morgan fingerprint density at radius 1 is 0.636 bits per heavy atom. The van der Waals surface area contributed by atoms with Gasteiger partial charge in [-0.25, -0.2) is 15.0 Å². The van der Waals surface area contributed by atoms with Crippen LogP contribution in [0.5, 0.6) is 0 Å². The van der Waals surface area contributed by atoms with E-state index in [2.05, 4.69) is 180 Å². The minimum absolute atomic E-state index is 0.00522. The predicted molar refractivity (Wildman–Crippen MR) is 227 cm³/mol. The molecule has 10 aromatic rings. The Bertz CT molecular complexity index is 3190. The summed E-state index contributed by atoms with van der Waals surface area (Å²) in [6.45, 7) is 11.2. The summed E-state index contributed by atoms with van der Waals surface area (Å²) < 4.78 is 9.28. The van der Waals surface area contributed by atoms with E-state index < -0.39 is 0 Å². The monoisotopic (exact) mass is 714 g/mol. The van der Waals surface area contributed by atoms with E-state index in [9.17, 15) is 0 Å². The summed E-state index contributed by atoms with van der Waals surface area (Å²) in [7, 11) is 2.20. The molecule has 8 nitrogen and oxygen atoms in total. The molecule has 1 aliphatic rings. The Kier molecular flexibility index (Phi) is 6.50. The van der Waals surface area contributed by atoms with Gasteiger partial charge in [0.05, 0.1) is 38.8 Å². The summed E-state index contributed by atoms with van der Waals surface area (Å²) in [4.78, 5) is 17.6. The number of hydrogen-bond acceptors (Lipinski definition) is 4.